The van der Waals surface area contributed by atoms with E-state index in [1.807, 2.05) is 13.8 Å². The molecule has 1 aromatic carbocycles. The Hall–Kier alpha value is -2.94. The third-order valence-electron chi connectivity index (χ3n) is 6.07. The number of ketones is 1. The van der Waals surface area contributed by atoms with Crippen molar-refractivity contribution in [2.24, 2.45) is 5.41 Å². The SMILES string of the molecule is COc1cc(C2C3=C(CC(C)(C)CC3=O)Nc3nc(SC(C)C)[nH]c(=O)c32)cc(OC)c1OC. The van der Waals surface area contributed by atoms with Crippen LogP contribution in [0.2, 0.25) is 0 Å². The molecule has 8 nitrogen and oxygen atoms in total. The first-order chi connectivity index (χ1) is 16.1. The third-order valence-corrected chi connectivity index (χ3v) is 6.96. The largest absolute Gasteiger partial charge is 0.493 e. The topological polar surface area (TPSA) is 103 Å². The van der Waals surface area contributed by atoms with E-state index in [-0.39, 0.29) is 22.0 Å². The molecule has 9 heteroatoms. The van der Waals surface area contributed by atoms with Gasteiger partial charge in [0.15, 0.2) is 22.4 Å². The summed E-state index contributed by atoms with van der Waals surface area (Å²) in [5, 5.41) is 4.14. The summed E-state index contributed by atoms with van der Waals surface area (Å²) in [6, 6.07) is 3.60. The second kappa shape index (κ2) is 9.02. The van der Waals surface area contributed by atoms with Gasteiger partial charge in [0.05, 0.1) is 26.9 Å². The van der Waals surface area contributed by atoms with Crippen LogP contribution in [0.1, 0.15) is 57.6 Å². The number of nitrogens with zero attached hydrogens (tertiary/aromatic N) is 1. The Bertz CT molecular complexity index is 1210. The minimum absolute atomic E-state index is 0.0168. The zero-order chi connectivity index (χ0) is 24.8. The summed E-state index contributed by atoms with van der Waals surface area (Å²) < 4.78 is 16.6. The van der Waals surface area contributed by atoms with E-state index in [0.717, 1.165) is 5.70 Å². The maximum absolute atomic E-state index is 13.5. The Morgan fingerprint density at radius 1 is 1.06 bits per heavy atom. The van der Waals surface area contributed by atoms with Gasteiger partial charge in [-0.25, -0.2) is 4.98 Å². The fraction of sp³-hybridized carbons (Fsp3) is 0.480. The third kappa shape index (κ3) is 4.29. The quantitative estimate of drug-likeness (QED) is 0.456. The highest BCUT2D eigenvalue weighted by Crippen LogP contribution is 2.50. The van der Waals surface area contributed by atoms with Crippen molar-refractivity contribution in [2.45, 2.75) is 56.9 Å². The summed E-state index contributed by atoms with van der Waals surface area (Å²) in [5.74, 6) is 1.25. The lowest BCUT2D eigenvalue weighted by Gasteiger charge is -2.38. The number of H-pyrrole nitrogens is 1. The van der Waals surface area contributed by atoms with Crippen molar-refractivity contribution in [3.8, 4) is 17.2 Å². The number of carbonyl (C=O) groups is 1. The Labute approximate surface area is 203 Å². The first kappa shape index (κ1) is 24.2. The molecule has 1 atom stereocenters. The van der Waals surface area contributed by atoms with Crippen LogP contribution in [0.4, 0.5) is 5.82 Å². The Morgan fingerprint density at radius 2 is 1.71 bits per heavy atom. The predicted octanol–water partition coefficient (Wildman–Crippen LogP) is 4.50. The van der Waals surface area contributed by atoms with Gasteiger partial charge in [-0.1, -0.05) is 39.5 Å². The van der Waals surface area contributed by atoms with E-state index in [4.69, 9.17) is 19.2 Å². The van der Waals surface area contributed by atoms with Gasteiger partial charge < -0.3 is 24.5 Å². The highest BCUT2D eigenvalue weighted by Gasteiger charge is 2.43. The van der Waals surface area contributed by atoms with Gasteiger partial charge >= 0.3 is 0 Å². The molecule has 0 radical (unpaired) electrons. The molecule has 2 heterocycles. The van der Waals surface area contributed by atoms with Crippen LogP contribution >= 0.6 is 11.8 Å². The zero-order valence-corrected chi connectivity index (χ0v) is 21.4. The maximum Gasteiger partial charge on any atom is 0.257 e. The summed E-state index contributed by atoms with van der Waals surface area (Å²) >= 11 is 1.48. The van der Waals surface area contributed by atoms with Gasteiger partial charge in [-0.2, -0.15) is 0 Å². The number of methoxy groups -OCH3 is 3. The molecule has 2 aromatic rings. The number of anilines is 1. The minimum Gasteiger partial charge on any atom is -0.493 e. The summed E-state index contributed by atoms with van der Waals surface area (Å²) in [6.45, 7) is 8.23. The number of allylic oxidation sites excluding steroid dienone is 2. The molecule has 0 saturated heterocycles. The van der Waals surface area contributed by atoms with Crippen molar-refractivity contribution in [2.75, 3.05) is 26.6 Å². The molecule has 0 bridgehead atoms. The van der Waals surface area contributed by atoms with Gasteiger partial charge in [0.2, 0.25) is 5.75 Å². The number of carbonyl (C=O) groups excluding carboxylic acids is 1. The number of Topliss-reactive ketones (excluding diaryl/α,β-unsaturated/α-hetero) is 1. The van der Waals surface area contributed by atoms with E-state index in [1.54, 1.807) is 26.4 Å². The van der Waals surface area contributed by atoms with Crippen LogP contribution in [-0.4, -0.2) is 42.3 Å². The van der Waals surface area contributed by atoms with Gasteiger partial charge in [-0.15, -0.1) is 0 Å². The van der Waals surface area contributed by atoms with Crippen molar-refractivity contribution < 1.29 is 19.0 Å². The average Bonchev–Trinajstić information content (AvgIpc) is 2.75. The summed E-state index contributed by atoms with van der Waals surface area (Å²) in [7, 11) is 4.62. The number of aromatic nitrogens is 2. The molecular weight excluding hydrogens is 454 g/mol. The van der Waals surface area contributed by atoms with Gasteiger partial charge in [0.1, 0.15) is 5.82 Å². The van der Waals surface area contributed by atoms with E-state index in [9.17, 15) is 9.59 Å². The second-order valence-corrected chi connectivity index (χ2v) is 11.2. The molecule has 2 aliphatic rings. The highest BCUT2D eigenvalue weighted by molar-refractivity contribution is 7.99. The van der Waals surface area contributed by atoms with Crippen LogP contribution in [0, 0.1) is 5.41 Å². The van der Waals surface area contributed by atoms with Crippen LogP contribution < -0.4 is 25.1 Å². The fourth-order valence-electron chi connectivity index (χ4n) is 4.77. The monoisotopic (exact) mass is 485 g/mol. The molecule has 0 saturated carbocycles. The van der Waals surface area contributed by atoms with E-state index in [1.165, 1.54) is 18.9 Å². The number of rotatable bonds is 6. The number of hydrogen-bond donors (Lipinski definition) is 2. The summed E-state index contributed by atoms with van der Waals surface area (Å²) in [4.78, 5) is 34.5. The first-order valence-electron chi connectivity index (χ1n) is 11.2. The molecule has 1 aliphatic heterocycles. The predicted molar refractivity (Wildman–Crippen MR) is 132 cm³/mol. The summed E-state index contributed by atoms with van der Waals surface area (Å²) in [6.07, 6.45) is 1.08. The van der Waals surface area contributed by atoms with Crippen molar-refractivity contribution in [3.05, 3.63) is 44.9 Å². The number of fused-ring (bicyclic) bond motifs is 1. The molecule has 34 heavy (non-hydrogen) atoms. The lowest BCUT2D eigenvalue weighted by molar-refractivity contribution is -0.118. The number of nitrogens with one attached hydrogen (secondary N) is 2. The molecule has 1 aliphatic carbocycles. The van der Waals surface area contributed by atoms with Gasteiger partial charge in [-0.05, 0) is 29.5 Å². The van der Waals surface area contributed by atoms with Gasteiger partial charge in [-0.3, -0.25) is 9.59 Å². The van der Waals surface area contributed by atoms with Crippen LogP contribution in [0.3, 0.4) is 0 Å². The van der Waals surface area contributed by atoms with E-state index < -0.39 is 5.92 Å². The highest BCUT2D eigenvalue weighted by atomic mass is 32.2. The molecule has 0 spiro atoms. The molecule has 1 aromatic heterocycles. The molecule has 182 valence electrons. The van der Waals surface area contributed by atoms with Gasteiger partial charge in [0, 0.05) is 28.9 Å². The van der Waals surface area contributed by atoms with Crippen LogP contribution in [0.25, 0.3) is 0 Å². The maximum atomic E-state index is 13.5. The number of benzene rings is 1. The smallest absolute Gasteiger partial charge is 0.257 e. The minimum atomic E-state index is -0.613. The summed E-state index contributed by atoms with van der Waals surface area (Å²) in [5.41, 5.74) is 2.05. The van der Waals surface area contributed by atoms with E-state index in [0.29, 0.717) is 57.8 Å². The van der Waals surface area contributed by atoms with E-state index in [2.05, 4.69) is 24.1 Å². The lowest BCUT2D eigenvalue weighted by Crippen LogP contribution is -2.37. The Kier molecular flexibility index (Phi) is 6.42. The number of hydrogen-bond acceptors (Lipinski definition) is 8. The Balaban J connectivity index is 1.99. The molecule has 1 unspecified atom stereocenters. The number of thioether (sulfide) groups is 1. The molecule has 0 fully saturated rings. The normalized spacial score (nSPS) is 18.8. The van der Waals surface area contributed by atoms with Crippen molar-refractivity contribution >= 4 is 23.4 Å². The average molecular weight is 486 g/mol. The number of aromatic amines is 1. The number of ether oxygens (including phenoxy) is 3. The lowest BCUT2D eigenvalue weighted by atomic mass is 9.69. The zero-order valence-electron chi connectivity index (χ0n) is 20.6. The molecule has 4 rings (SSSR count). The molecular formula is C25H31N3O5S. The van der Waals surface area contributed by atoms with Crippen LogP contribution in [-0.2, 0) is 4.79 Å². The Morgan fingerprint density at radius 3 is 2.26 bits per heavy atom. The standard InChI is InChI=1S/C25H31N3O5S/c1-12(2)34-24-27-22-20(23(30)28-24)18(19-14(26-22)10-25(3,4)11-15(19)29)13-8-16(31-5)21(33-7)17(9-13)32-6/h8-9,12,18H,10-11H2,1-7H3,(H2,26,27,28,30). The van der Waals surface area contributed by atoms with Crippen molar-refractivity contribution in [1.82, 2.24) is 9.97 Å². The first-order valence-corrected chi connectivity index (χ1v) is 12.1. The molecule has 0 amide bonds. The van der Waals surface area contributed by atoms with Crippen molar-refractivity contribution in [3.63, 3.8) is 0 Å². The molecule has 2 N–H and O–H groups in total. The van der Waals surface area contributed by atoms with Crippen LogP contribution in [0.5, 0.6) is 17.2 Å². The second-order valence-electron chi connectivity index (χ2n) is 9.65. The van der Waals surface area contributed by atoms with E-state index >= 15 is 0 Å². The van der Waals surface area contributed by atoms with Crippen LogP contribution in [0.15, 0.2) is 33.4 Å². The van der Waals surface area contributed by atoms with Gasteiger partial charge in [0.25, 0.3) is 5.56 Å². The fourth-order valence-corrected chi connectivity index (χ4v) is 5.52. The van der Waals surface area contributed by atoms with Crippen molar-refractivity contribution in [1.29, 1.82) is 0 Å².